The van der Waals surface area contributed by atoms with Crippen molar-refractivity contribution in [3.8, 4) is 0 Å². The van der Waals surface area contributed by atoms with Gasteiger partial charge in [0.15, 0.2) is 0 Å². The van der Waals surface area contributed by atoms with Crippen LogP contribution in [0, 0.1) is 0 Å². The second-order valence-corrected chi connectivity index (χ2v) is 5.88. The monoisotopic (exact) mass is 294 g/mol. The number of nitrogens with zero attached hydrogens (tertiary/aromatic N) is 1. The molecule has 1 aliphatic rings. The number of nitrogens with one attached hydrogen (secondary N) is 1. The Morgan fingerprint density at radius 2 is 2.00 bits per heavy atom. The number of halogens is 1. The first-order valence-corrected chi connectivity index (χ1v) is 7.96. The minimum Gasteiger partial charge on any atom is -0.343 e. The van der Waals surface area contributed by atoms with Crippen LogP contribution in [0.2, 0.25) is 0 Å². The van der Waals surface area contributed by atoms with Crippen molar-refractivity contribution in [2.45, 2.75) is 45.1 Å². The highest BCUT2D eigenvalue weighted by Crippen LogP contribution is 2.13. The van der Waals surface area contributed by atoms with Gasteiger partial charge in [0.1, 0.15) is 0 Å². The summed E-state index contributed by atoms with van der Waals surface area (Å²) in [6.07, 6.45) is 5.44. The van der Waals surface area contributed by atoms with Crippen molar-refractivity contribution in [2.75, 3.05) is 31.6 Å². The summed E-state index contributed by atoms with van der Waals surface area (Å²) in [5.74, 6) is 2.54. The zero-order valence-electron chi connectivity index (χ0n) is 11.6. The molecule has 0 aromatic rings. The van der Waals surface area contributed by atoms with Crippen LogP contribution in [0.25, 0.3) is 0 Å². The van der Waals surface area contributed by atoms with Gasteiger partial charge in [-0.05, 0) is 32.1 Å². The normalized spacial score (nSPS) is 16.4. The molecule has 0 bridgehead atoms. The maximum atomic E-state index is 11.9. The van der Waals surface area contributed by atoms with Gasteiger partial charge in [0.25, 0.3) is 0 Å². The molecule has 5 heteroatoms. The van der Waals surface area contributed by atoms with Crippen LogP contribution < -0.4 is 5.32 Å². The zero-order valence-corrected chi connectivity index (χ0v) is 13.2. The number of unbranched alkanes of at least 4 members (excludes halogenated alkanes) is 1. The van der Waals surface area contributed by atoms with Gasteiger partial charge in [0.2, 0.25) is 5.91 Å². The topological polar surface area (TPSA) is 32.3 Å². The lowest BCUT2D eigenvalue weighted by molar-refractivity contribution is -0.131. The van der Waals surface area contributed by atoms with Crippen molar-refractivity contribution in [1.29, 1.82) is 0 Å². The Hall–Kier alpha value is 0.0700. The van der Waals surface area contributed by atoms with Crippen molar-refractivity contribution in [2.24, 2.45) is 0 Å². The van der Waals surface area contributed by atoms with Crippen molar-refractivity contribution in [1.82, 2.24) is 10.2 Å². The van der Waals surface area contributed by atoms with Crippen LogP contribution in [0.3, 0.4) is 0 Å². The minimum atomic E-state index is 0. The van der Waals surface area contributed by atoms with Crippen molar-refractivity contribution < 1.29 is 4.79 Å². The minimum absolute atomic E-state index is 0. The van der Waals surface area contributed by atoms with Crippen LogP contribution in [0.15, 0.2) is 0 Å². The van der Waals surface area contributed by atoms with Crippen molar-refractivity contribution in [3.63, 3.8) is 0 Å². The molecule has 0 radical (unpaired) electrons. The smallest absolute Gasteiger partial charge is 0.223 e. The third-order valence-electron chi connectivity index (χ3n) is 3.36. The number of piperidine rings is 1. The lowest BCUT2D eigenvalue weighted by Gasteiger charge is -2.31. The summed E-state index contributed by atoms with van der Waals surface area (Å²) in [6.45, 7) is 4.07. The van der Waals surface area contributed by atoms with E-state index in [0.29, 0.717) is 11.9 Å². The molecule has 18 heavy (non-hydrogen) atoms. The van der Waals surface area contributed by atoms with E-state index >= 15 is 0 Å². The van der Waals surface area contributed by atoms with Gasteiger partial charge >= 0.3 is 0 Å². The molecule has 108 valence electrons. The summed E-state index contributed by atoms with van der Waals surface area (Å²) in [6, 6.07) is 0.609. The van der Waals surface area contributed by atoms with E-state index in [4.69, 9.17) is 0 Å². The number of likely N-dealkylation sites (tertiary alicyclic amines) is 1. The number of rotatable bonds is 7. The van der Waals surface area contributed by atoms with Gasteiger partial charge < -0.3 is 10.2 Å². The van der Waals surface area contributed by atoms with Crippen LogP contribution in [0.4, 0.5) is 0 Å². The second-order valence-electron chi connectivity index (χ2n) is 4.66. The number of carbonyl (C=O) groups is 1. The van der Waals surface area contributed by atoms with Crippen LogP contribution in [0.5, 0.6) is 0 Å². The first kappa shape index (κ1) is 18.1. The molecule has 3 nitrogen and oxygen atoms in total. The Labute approximate surface area is 122 Å². The molecule has 0 unspecified atom stereocenters. The average Bonchev–Trinajstić information content (AvgIpc) is 2.38. The Morgan fingerprint density at radius 3 is 2.56 bits per heavy atom. The van der Waals surface area contributed by atoms with Crippen molar-refractivity contribution in [3.05, 3.63) is 0 Å². The fourth-order valence-corrected chi connectivity index (χ4v) is 3.10. The molecule has 1 fully saturated rings. The Bertz CT molecular complexity index is 221. The quantitative estimate of drug-likeness (QED) is 0.733. The average molecular weight is 295 g/mol. The maximum absolute atomic E-state index is 11.9. The summed E-state index contributed by atoms with van der Waals surface area (Å²) in [7, 11) is 2.01. The molecule has 0 atom stereocenters. The summed E-state index contributed by atoms with van der Waals surface area (Å²) >= 11 is 1.92. The molecular formula is C13H27ClN2OS. The van der Waals surface area contributed by atoms with Crippen LogP contribution in [-0.4, -0.2) is 48.5 Å². The Morgan fingerprint density at radius 1 is 1.33 bits per heavy atom. The van der Waals surface area contributed by atoms with E-state index in [-0.39, 0.29) is 12.4 Å². The summed E-state index contributed by atoms with van der Waals surface area (Å²) in [4.78, 5) is 14.0. The highest BCUT2D eigenvalue weighted by molar-refractivity contribution is 7.99. The van der Waals surface area contributed by atoms with E-state index in [9.17, 15) is 4.79 Å². The number of hydrogen-bond donors (Lipinski definition) is 1. The number of thioether (sulfide) groups is 1. The van der Waals surface area contributed by atoms with Crippen LogP contribution in [0.1, 0.15) is 39.0 Å². The van der Waals surface area contributed by atoms with E-state index in [2.05, 4.69) is 12.2 Å². The second kappa shape index (κ2) is 10.9. The lowest BCUT2D eigenvalue weighted by Crippen LogP contribution is -2.44. The SMILES string of the molecule is CCCCSCCC(=O)N1CCC(NC)CC1.Cl. The Kier molecular flexibility index (Phi) is 11.0. The molecule has 1 rings (SSSR count). The van der Waals surface area contributed by atoms with E-state index in [0.717, 1.165) is 38.1 Å². The molecule has 1 amide bonds. The predicted octanol–water partition coefficient (Wildman–Crippen LogP) is 2.54. The van der Waals surface area contributed by atoms with Gasteiger partial charge in [-0.15, -0.1) is 12.4 Å². The van der Waals surface area contributed by atoms with Crippen molar-refractivity contribution >= 4 is 30.1 Å². The highest BCUT2D eigenvalue weighted by atomic mass is 35.5. The zero-order chi connectivity index (χ0) is 12.5. The largest absolute Gasteiger partial charge is 0.343 e. The molecule has 1 heterocycles. The van der Waals surface area contributed by atoms with Gasteiger partial charge in [0, 0.05) is 31.3 Å². The molecule has 1 saturated heterocycles. The third-order valence-corrected chi connectivity index (χ3v) is 4.43. The van der Waals surface area contributed by atoms with Gasteiger partial charge in [-0.1, -0.05) is 13.3 Å². The number of amides is 1. The van der Waals surface area contributed by atoms with Gasteiger partial charge in [0.05, 0.1) is 0 Å². The van der Waals surface area contributed by atoms with E-state index in [1.54, 1.807) is 0 Å². The summed E-state index contributed by atoms with van der Waals surface area (Å²) in [5.41, 5.74) is 0. The summed E-state index contributed by atoms with van der Waals surface area (Å²) < 4.78 is 0. The standard InChI is InChI=1S/C13H26N2OS.ClH/c1-3-4-10-17-11-7-13(16)15-8-5-12(14-2)6-9-15;/h12,14H,3-11H2,1-2H3;1H. The van der Waals surface area contributed by atoms with Gasteiger partial charge in [-0.25, -0.2) is 0 Å². The molecule has 1 N–H and O–H groups in total. The molecule has 0 aliphatic carbocycles. The Balaban J connectivity index is 0.00000289. The maximum Gasteiger partial charge on any atom is 0.223 e. The van der Waals surface area contributed by atoms with E-state index in [1.165, 1.54) is 18.6 Å². The predicted molar refractivity (Wildman–Crippen MR) is 82.8 cm³/mol. The van der Waals surface area contributed by atoms with Gasteiger partial charge in [-0.2, -0.15) is 11.8 Å². The molecule has 1 aliphatic heterocycles. The third kappa shape index (κ3) is 6.86. The molecule has 0 saturated carbocycles. The molecular weight excluding hydrogens is 268 g/mol. The van der Waals surface area contributed by atoms with E-state index in [1.807, 2.05) is 23.7 Å². The first-order chi connectivity index (χ1) is 8.27. The number of carbonyl (C=O) groups excluding carboxylic acids is 1. The highest BCUT2D eigenvalue weighted by Gasteiger charge is 2.20. The lowest BCUT2D eigenvalue weighted by atomic mass is 10.1. The fraction of sp³-hybridized carbons (Fsp3) is 0.923. The molecule has 0 aromatic heterocycles. The van der Waals surface area contributed by atoms with Crippen LogP contribution >= 0.6 is 24.2 Å². The summed E-state index contributed by atoms with van der Waals surface area (Å²) in [5, 5.41) is 3.29. The first-order valence-electron chi connectivity index (χ1n) is 6.80. The number of hydrogen-bond acceptors (Lipinski definition) is 3. The van der Waals surface area contributed by atoms with E-state index < -0.39 is 0 Å². The molecule has 0 spiro atoms. The fourth-order valence-electron chi connectivity index (χ4n) is 2.08. The van der Waals surface area contributed by atoms with Crippen LogP contribution in [-0.2, 0) is 4.79 Å². The van der Waals surface area contributed by atoms with Gasteiger partial charge in [-0.3, -0.25) is 4.79 Å². The molecule has 0 aromatic carbocycles.